The van der Waals surface area contributed by atoms with Gasteiger partial charge in [-0.05, 0) is 36.8 Å². The molecule has 7 heteroatoms. The van der Waals surface area contributed by atoms with Crippen molar-refractivity contribution in [3.8, 4) is 0 Å². The van der Waals surface area contributed by atoms with Crippen LogP contribution in [0.3, 0.4) is 0 Å². The largest absolute Gasteiger partial charge is 0.463 e. The van der Waals surface area contributed by atoms with Crippen molar-refractivity contribution in [2.24, 2.45) is 10.7 Å². The molecule has 0 atom stereocenters. The monoisotopic (exact) mass is 295 g/mol. The summed E-state index contributed by atoms with van der Waals surface area (Å²) in [6.45, 7) is 1.84. The number of allylic oxidation sites excluding steroid dienone is 2. The molecule has 0 bridgehead atoms. The third-order valence-corrected chi connectivity index (χ3v) is 2.52. The lowest BCUT2D eigenvalue weighted by molar-refractivity contribution is -0.0925. The molecular weight excluding hydrogens is 283 g/mol. The van der Waals surface area contributed by atoms with Gasteiger partial charge in [-0.1, -0.05) is 6.07 Å². The number of furan rings is 1. The maximum Gasteiger partial charge on any atom is 0.430 e. The van der Waals surface area contributed by atoms with Crippen LogP contribution in [0.5, 0.6) is 0 Å². The minimum absolute atomic E-state index is 0.0498. The summed E-state index contributed by atoms with van der Waals surface area (Å²) in [6.07, 6.45) is -1.01. The molecule has 0 saturated heterocycles. The average molecular weight is 295 g/mol. The Morgan fingerprint density at radius 1 is 1.33 bits per heavy atom. The Labute approximate surface area is 118 Å². The summed E-state index contributed by atoms with van der Waals surface area (Å²) >= 11 is 0. The highest BCUT2D eigenvalue weighted by Crippen LogP contribution is 2.23. The van der Waals surface area contributed by atoms with Crippen LogP contribution in [0.15, 0.2) is 57.9 Å². The zero-order valence-corrected chi connectivity index (χ0v) is 11.1. The van der Waals surface area contributed by atoms with Crippen LogP contribution in [0.2, 0.25) is 0 Å². The summed E-state index contributed by atoms with van der Waals surface area (Å²) in [4.78, 5) is 8.07. The van der Waals surface area contributed by atoms with Gasteiger partial charge in [0.05, 0.1) is 6.26 Å². The Morgan fingerprint density at radius 2 is 2.10 bits per heavy atom. The smallest absolute Gasteiger partial charge is 0.430 e. The number of halogens is 3. The van der Waals surface area contributed by atoms with Gasteiger partial charge in [0.2, 0.25) is 0 Å². The van der Waals surface area contributed by atoms with E-state index in [0.29, 0.717) is 0 Å². The number of nitrogens with two attached hydrogens (primary N) is 1. The fraction of sp³-hybridized carbons (Fsp3) is 0.143. The van der Waals surface area contributed by atoms with E-state index < -0.39 is 11.9 Å². The van der Waals surface area contributed by atoms with Gasteiger partial charge in [0.15, 0.2) is 11.6 Å². The van der Waals surface area contributed by atoms with Crippen molar-refractivity contribution < 1.29 is 17.6 Å². The van der Waals surface area contributed by atoms with E-state index >= 15 is 0 Å². The lowest BCUT2D eigenvalue weighted by Crippen LogP contribution is -2.20. The predicted molar refractivity (Wildman–Crippen MR) is 72.2 cm³/mol. The molecule has 0 aliphatic heterocycles. The Hall–Kier alpha value is -2.57. The molecule has 0 spiro atoms. The molecule has 4 nitrogen and oxygen atoms in total. The first-order valence-electron chi connectivity index (χ1n) is 5.96. The Kier molecular flexibility index (Phi) is 4.11. The van der Waals surface area contributed by atoms with Crippen LogP contribution < -0.4 is 5.73 Å². The number of hydrogen-bond acceptors (Lipinski definition) is 4. The van der Waals surface area contributed by atoms with Crippen molar-refractivity contribution in [3.05, 3.63) is 59.8 Å². The summed E-state index contributed by atoms with van der Waals surface area (Å²) in [5.74, 6) is 0.433. The summed E-state index contributed by atoms with van der Waals surface area (Å²) in [5, 5.41) is 0. The Morgan fingerprint density at radius 3 is 2.62 bits per heavy atom. The molecule has 0 radical (unpaired) electrons. The van der Waals surface area contributed by atoms with E-state index in [1.54, 1.807) is 24.4 Å². The molecule has 2 heterocycles. The second kappa shape index (κ2) is 5.82. The number of aromatic nitrogens is 1. The fourth-order valence-corrected chi connectivity index (χ4v) is 1.46. The summed E-state index contributed by atoms with van der Waals surface area (Å²) < 4.78 is 42.7. The van der Waals surface area contributed by atoms with Crippen molar-refractivity contribution in [2.45, 2.75) is 13.1 Å². The zero-order valence-electron chi connectivity index (χ0n) is 11.1. The Bertz CT molecular complexity index is 656. The predicted octanol–water partition coefficient (Wildman–Crippen LogP) is 3.51. The van der Waals surface area contributed by atoms with Gasteiger partial charge in [-0.2, -0.15) is 13.2 Å². The normalized spacial score (nSPS) is 13.5. The summed E-state index contributed by atoms with van der Waals surface area (Å²) in [5.41, 5.74) is 4.63. The molecule has 2 N–H and O–H groups in total. The molecule has 0 saturated carbocycles. The van der Waals surface area contributed by atoms with Gasteiger partial charge in [-0.25, -0.2) is 9.98 Å². The van der Waals surface area contributed by atoms with Crippen LogP contribution in [0.25, 0.3) is 0 Å². The van der Waals surface area contributed by atoms with E-state index in [-0.39, 0.29) is 17.3 Å². The first-order valence-corrected chi connectivity index (χ1v) is 5.96. The van der Waals surface area contributed by atoms with E-state index in [9.17, 15) is 13.2 Å². The standard InChI is InChI=1S/C14H12F3N3O/c1-9-4-5-13(19-8-9)20-10(11-3-2-6-21-11)7-12(18)14(15,16)17/h2-8H,18H2,1H3. The van der Waals surface area contributed by atoms with Crippen molar-refractivity contribution >= 4 is 11.5 Å². The van der Waals surface area contributed by atoms with Gasteiger partial charge in [0.25, 0.3) is 0 Å². The first kappa shape index (κ1) is 14.8. The van der Waals surface area contributed by atoms with E-state index in [1.807, 2.05) is 6.92 Å². The SMILES string of the molecule is Cc1ccc(N=C(C=C(N)C(F)(F)F)c2ccco2)nc1. The number of nitrogens with zero attached hydrogens (tertiary/aromatic N) is 2. The van der Waals surface area contributed by atoms with Crippen molar-refractivity contribution in [2.75, 3.05) is 0 Å². The molecular formula is C14H12F3N3O. The number of hydrogen-bond donors (Lipinski definition) is 1. The number of alkyl halides is 3. The quantitative estimate of drug-likeness (QED) is 0.881. The van der Waals surface area contributed by atoms with Crippen LogP contribution >= 0.6 is 0 Å². The van der Waals surface area contributed by atoms with Crippen molar-refractivity contribution in [3.63, 3.8) is 0 Å². The van der Waals surface area contributed by atoms with Gasteiger partial charge in [-0.3, -0.25) is 0 Å². The van der Waals surface area contributed by atoms with Crippen LogP contribution in [-0.4, -0.2) is 16.9 Å². The maximum atomic E-state index is 12.5. The number of aliphatic imine (C=N–C) groups is 1. The molecule has 0 amide bonds. The van der Waals surface area contributed by atoms with Gasteiger partial charge >= 0.3 is 6.18 Å². The highest BCUT2D eigenvalue weighted by Gasteiger charge is 2.32. The highest BCUT2D eigenvalue weighted by molar-refractivity contribution is 6.08. The molecule has 21 heavy (non-hydrogen) atoms. The second-order valence-electron chi connectivity index (χ2n) is 4.27. The Balaban J connectivity index is 2.45. The summed E-state index contributed by atoms with van der Waals surface area (Å²) in [7, 11) is 0. The molecule has 0 unspecified atom stereocenters. The molecule has 2 aromatic rings. The van der Waals surface area contributed by atoms with Crippen molar-refractivity contribution in [1.82, 2.24) is 4.98 Å². The van der Waals surface area contributed by atoms with E-state index in [2.05, 4.69) is 9.98 Å². The highest BCUT2D eigenvalue weighted by atomic mass is 19.4. The molecule has 110 valence electrons. The lowest BCUT2D eigenvalue weighted by atomic mass is 10.2. The van der Waals surface area contributed by atoms with Gasteiger partial charge < -0.3 is 10.2 Å². The van der Waals surface area contributed by atoms with Crippen LogP contribution in [0.4, 0.5) is 19.0 Å². The minimum atomic E-state index is -4.63. The van der Waals surface area contributed by atoms with Crippen molar-refractivity contribution in [1.29, 1.82) is 0 Å². The molecule has 2 rings (SSSR count). The van der Waals surface area contributed by atoms with Gasteiger partial charge in [0, 0.05) is 6.20 Å². The number of pyridine rings is 1. The minimum Gasteiger partial charge on any atom is -0.463 e. The van der Waals surface area contributed by atoms with Crippen LogP contribution in [0, 0.1) is 6.92 Å². The number of rotatable bonds is 3. The summed E-state index contributed by atoms with van der Waals surface area (Å²) in [6, 6.07) is 6.39. The van der Waals surface area contributed by atoms with Gasteiger partial charge in [-0.15, -0.1) is 0 Å². The van der Waals surface area contributed by atoms with E-state index in [0.717, 1.165) is 11.6 Å². The molecule has 2 aromatic heterocycles. The van der Waals surface area contributed by atoms with Gasteiger partial charge in [0.1, 0.15) is 11.4 Å². The third kappa shape index (κ3) is 3.95. The molecule has 0 fully saturated rings. The lowest BCUT2D eigenvalue weighted by Gasteiger charge is -2.06. The topological polar surface area (TPSA) is 64.4 Å². The average Bonchev–Trinajstić information content (AvgIpc) is 2.93. The van der Waals surface area contributed by atoms with E-state index in [1.165, 1.54) is 12.3 Å². The molecule has 0 aromatic carbocycles. The fourth-order valence-electron chi connectivity index (χ4n) is 1.46. The molecule has 0 aliphatic rings. The van der Waals surface area contributed by atoms with Crippen LogP contribution in [0.1, 0.15) is 11.3 Å². The van der Waals surface area contributed by atoms with E-state index in [4.69, 9.17) is 10.2 Å². The molecule has 0 aliphatic carbocycles. The first-order chi connectivity index (χ1) is 9.86. The third-order valence-electron chi connectivity index (χ3n) is 2.52. The maximum absolute atomic E-state index is 12.5. The number of aryl methyl sites for hydroxylation is 1. The second-order valence-corrected chi connectivity index (χ2v) is 4.27. The van der Waals surface area contributed by atoms with Crippen LogP contribution in [-0.2, 0) is 0 Å². The zero-order chi connectivity index (χ0) is 15.5.